The van der Waals surface area contributed by atoms with Gasteiger partial charge in [-0.1, -0.05) is 24.3 Å². The van der Waals surface area contributed by atoms with E-state index in [4.69, 9.17) is 0 Å². The topological polar surface area (TPSA) is 59.6 Å². The highest BCUT2D eigenvalue weighted by Gasteiger charge is 2.12. The van der Waals surface area contributed by atoms with Gasteiger partial charge in [-0.2, -0.15) is 15.3 Å². The number of hydrogen-bond acceptors (Lipinski definition) is 4. The zero-order valence-electron chi connectivity index (χ0n) is 14.6. The number of Topliss-reactive ketones (excluding diaryl/α,β-unsaturated/α-hetero) is 1. The number of carbonyl (C=O) groups excluding carboxylic acids is 1. The molecule has 0 atom stereocenters. The van der Waals surface area contributed by atoms with Gasteiger partial charge in [-0.15, -0.1) is 0 Å². The number of azo groups is 1. The molecule has 3 rings (SSSR count). The predicted molar refractivity (Wildman–Crippen MR) is 97.8 cm³/mol. The molecule has 1 heterocycles. The van der Waals surface area contributed by atoms with Crippen LogP contribution in [0.4, 0.5) is 11.4 Å². The summed E-state index contributed by atoms with van der Waals surface area (Å²) in [6.07, 6.45) is 1.98. The molecule has 2 aromatic carbocycles. The monoisotopic (exact) mass is 332 g/mol. The normalized spacial score (nSPS) is 11.2. The molecule has 0 aliphatic carbocycles. The second-order valence-electron chi connectivity index (χ2n) is 6.04. The Labute approximate surface area is 147 Å². The molecule has 0 radical (unpaired) electrons. The van der Waals surface area contributed by atoms with E-state index in [0.29, 0.717) is 12.1 Å². The Morgan fingerprint density at radius 2 is 1.84 bits per heavy atom. The molecule has 0 saturated carbocycles. The van der Waals surface area contributed by atoms with Crippen molar-refractivity contribution in [2.45, 2.75) is 20.3 Å². The van der Waals surface area contributed by atoms with Crippen molar-refractivity contribution in [1.82, 2.24) is 9.78 Å². The largest absolute Gasteiger partial charge is 0.292 e. The molecular formula is C20H20N4O. The second-order valence-corrected chi connectivity index (χ2v) is 6.04. The van der Waals surface area contributed by atoms with E-state index in [1.165, 1.54) is 0 Å². The van der Waals surface area contributed by atoms with Crippen LogP contribution in [-0.2, 0) is 13.5 Å². The highest BCUT2D eigenvalue weighted by molar-refractivity contribution is 5.96. The van der Waals surface area contributed by atoms with Crippen molar-refractivity contribution in [3.8, 4) is 0 Å². The van der Waals surface area contributed by atoms with Gasteiger partial charge in [-0.3, -0.25) is 9.48 Å². The molecule has 0 aliphatic heterocycles. The minimum absolute atomic E-state index is 0.0531. The zero-order chi connectivity index (χ0) is 17.8. The molecule has 1 aromatic heterocycles. The maximum Gasteiger partial charge on any atom is 0.185 e. The maximum atomic E-state index is 12.4. The molecule has 25 heavy (non-hydrogen) atoms. The number of hydrogen-bond donors (Lipinski definition) is 0. The number of aryl methyl sites for hydroxylation is 3. The van der Waals surface area contributed by atoms with Crippen molar-refractivity contribution < 1.29 is 4.79 Å². The SMILES string of the molecule is Cc1cc(N=Nc2ccccc2C)ccc1CC(=O)c1ccnn1C. The lowest BCUT2D eigenvalue weighted by Gasteiger charge is -2.06. The van der Waals surface area contributed by atoms with E-state index >= 15 is 0 Å². The smallest absolute Gasteiger partial charge is 0.185 e. The van der Waals surface area contributed by atoms with Gasteiger partial charge in [0.2, 0.25) is 0 Å². The van der Waals surface area contributed by atoms with E-state index in [2.05, 4.69) is 15.3 Å². The lowest BCUT2D eigenvalue weighted by molar-refractivity contribution is 0.0984. The zero-order valence-corrected chi connectivity index (χ0v) is 14.6. The lowest BCUT2D eigenvalue weighted by atomic mass is 10.0. The number of aromatic nitrogens is 2. The minimum atomic E-state index is 0.0531. The number of ketones is 1. The van der Waals surface area contributed by atoms with Crippen LogP contribution in [0.3, 0.4) is 0 Å². The second kappa shape index (κ2) is 7.21. The molecule has 0 unspecified atom stereocenters. The predicted octanol–water partition coefficient (Wildman–Crippen LogP) is 4.88. The van der Waals surface area contributed by atoms with Gasteiger partial charge in [0, 0.05) is 19.7 Å². The number of rotatable bonds is 5. The van der Waals surface area contributed by atoms with Crippen molar-refractivity contribution in [3.63, 3.8) is 0 Å². The first-order valence-electron chi connectivity index (χ1n) is 8.12. The van der Waals surface area contributed by atoms with Crippen LogP contribution in [0.25, 0.3) is 0 Å². The van der Waals surface area contributed by atoms with E-state index in [9.17, 15) is 4.79 Å². The molecule has 0 amide bonds. The molecule has 0 fully saturated rings. The van der Waals surface area contributed by atoms with Crippen LogP contribution in [0.15, 0.2) is 65.0 Å². The summed E-state index contributed by atoms with van der Waals surface area (Å²) >= 11 is 0. The summed E-state index contributed by atoms with van der Waals surface area (Å²) in [5, 5.41) is 12.7. The minimum Gasteiger partial charge on any atom is -0.292 e. The fourth-order valence-corrected chi connectivity index (χ4v) is 2.64. The van der Waals surface area contributed by atoms with Crippen LogP contribution in [-0.4, -0.2) is 15.6 Å². The fourth-order valence-electron chi connectivity index (χ4n) is 2.64. The van der Waals surface area contributed by atoms with E-state index in [-0.39, 0.29) is 5.78 Å². The van der Waals surface area contributed by atoms with Gasteiger partial charge in [-0.25, -0.2) is 0 Å². The summed E-state index contributed by atoms with van der Waals surface area (Å²) in [7, 11) is 1.77. The molecule has 5 nitrogen and oxygen atoms in total. The van der Waals surface area contributed by atoms with Crippen molar-refractivity contribution in [2.24, 2.45) is 17.3 Å². The standard InChI is InChI=1S/C20H20N4O/c1-14-6-4-5-7-18(14)23-22-17-9-8-16(15(2)12-17)13-20(25)19-10-11-21-24(19)3/h4-12H,13H2,1-3H3. The van der Waals surface area contributed by atoms with E-state index in [0.717, 1.165) is 28.1 Å². The Morgan fingerprint density at radius 3 is 2.52 bits per heavy atom. The molecule has 0 saturated heterocycles. The number of carbonyl (C=O) groups is 1. The van der Waals surface area contributed by atoms with Crippen LogP contribution in [0, 0.1) is 13.8 Å². The lowest BCUT2D eigenvalue weighted by Crippen LogP contribution is -2.10. The first kappa shape index (κ1) is 16.8. The van der Waals surface area contributed by atoms with Gasteiger partial charge in [-0.05, 0) is 54.8 Å². The van der Waals surface area contributed by atoms with Gasteiger partial charge >= 0.3 is 0 Å². The third-order valence-electron chi connectivity index (χ3n) is 4.17. The molecule has 0 N–H and O–H groups in total. The van der Waals surface area contributed by atoms with Crippen LogP contribution in [0.1, 0.15) is 27.2 Å². The summed E-state index contributed by atoms with van der Waals surface area (Å²) in [6.45, 7) is 3.99. The molecule has 0 aliphatic rings. The average molecular weight is 332 g/mol. The van der Waals surface area contributed by atoms with Gasteiger partial charge in [0.1, 0.15) is 5.69 Å². The Morgan fingerprint density at radius 1 is 1.04 bits per heavy atom. The highest BCUT2D eigenvalue weighted by Crippen LogP contribution is 2.23. The number of benzene rings is 2. The Hall–Kier alpha value is -3.08. The maximum absolute atomic E-state index is 12.4. The van der Waals surface area contributed by atoms with Crippen molar-refractivity contribution in [1.29, 1.82) is 0 Å². The average Bonchev–Trinajstić information content (AvgIpc) is 3.02. The van der Waals surface area contributed by atoms with Crippen LogP contribution >= 0.6 is 0 Å². The van der Waals surface area contributed by atoms with Crippen molar-refractivity contribution in [2.75, 3.05) is 0 Å². The third kappa shape index (κ3) is 3.88. The molecule has 126 valence electrons. The molecular weight excluding hydrogens is 312 g/mol. The Balaban J connectivity index is 1.76. The molecule has 0 bridgehead atoms. The third-order valence-corrected chi connectivity index (χ3v) is 4.17. The number of nitrogens with zero attached hydrogens (tertiary/aromatic N) is 4. The van der Waals surface area contributed by atoms with Crippen LogP contribution in [0.2, 0.25) is 0 Å². The van der Waals surface area contributed by atoms with Gasteiger partial charge in [0.05, 0.1) is 11.4 Å². The fraction of sp³-hybridized carbons (Fsp3) is 0.200. The van der Waals surface area contributed by atoms with Crippen LogP contribution in [0.5, 0.6) is 0 Å². The van der Waals surface area contributed by atoms with Crippen molar-refractivity contribution >= 4 is 17.2 Å². The Kier molecular flexibility index (Phi) is 4.84. The van der Waals surface area contributed by atoms with E-state index in [1.54, 1.807) is 24.0 Å². The van der Waals surface area contributed by atoms with Crippen molar-refractivity contribution in [3.05, 3.63) is 77.1 Å². The highest BCUT2D eigenvalue weighted by atomic mass is 16.1. The first-order valence-corrected chi connectivity index (χ1v) is 8.12. The summed E-state index contributed by atoms with van der Waals surface area (Å²) < 4.78 is 1.60. The summed E-state index contributed by atoms with van der Waals surface area (Å²) in [5.74, 6) is 0.0531. The molecule has 5 heteroatoms. The molecule has 3 aromatic rings. The van der Waals surface area contributed by atoms with Gasteiger partial charge < -0.3 is 0 Å². The Bertz CT molecular complexity index is 940. The summed E-state index contributed by atoms with van der Waals surface area (Å²) in [6, 6.07) is 15.4. The quantitative estimate of drug-likeness (QED) is 0.494. The van der Waals surface area contributed by atoms with Crippen LogP contribution < -0.4 is 0 Å². The van der Waals surface area contributed by atoms with Gasteiger partial charge in [0.25, 0.3) is 0 Å². The first-order chi connectivity index (χ1) is 12.0. The summed E-state index contributed by atoms with van der Waals surface area (Å²) in [5.41, 5.74) is 5.34. The molecule has 0 spiro atoms. The summed E-state index contributed by atoms with van der Waals surface area (Å²) in [4.78, 5) is 12.4. The van der Waals surface area contributed by atoms with E-state index < -0.39 is 0 Å². The van der Waals surface area contributed by atoms with E-state index in [1.807, 2.05) is 56.3 Å². The van der Waals surface area contributed by atoms with Gasteiger partial charge in [0.15, 0.2) is 5.78 Å².